The van der Waals surface area contributed by atoms with Gasteiger partial charge in [0.2, 0.25) is 0 Å². The number of carbonyl (C=O) groups excluding carboxylic acids is 3. The Hall–Kier alpha value is -2.37. The third-order valence-electron chi connectivity index (χ3n) is 2.51. The predicted octanol–water partition coefficient (Wildman–Crippen LogP) is 2.57. The fraction of sp³-hybridized carbons (Fsp3) is 0.438. The Morgan fingerprint density at radius 2 is 1.59 bits per heavy atom. The first kappa shape index (κ1) is 17.7. The highest BCUT2D eigenvalue weighted by Gasteiger charge is 2.17. The summed E-state index contributed by atoms with van der Waals surface area (Å²) in [6, 6.07) is 6.06. The van der Waals surface area contributed by atoms with E-state index in [2.05, 4.69) is 5.32 Å². The maximum absolute atomic E-state index is 11.9. The summed E-state index contributed by atoms with van der Waals surface area (Å²) >= 11 is 0. The van der Waals surface area contributed by atoms with Crippen LogP contribution in [0, 0.1) is 0 Å². The van der Waals surface area contributed by atoms with Crippen molar-refractivity contribution in [2.24, 2.45) is 0 Å². The Morgan fingerprint density at radius 1 is 1.05 bits per heavy atom. The molecule has 0 saturated carbocycles. The Morgan fingerprint density at radius 3 is 2.09 bits per heavy atom. The molecule has 6 heteroatoms. The number of ether oxygens (including phenoxy) is 2. The molecule has 0 spiro atoms. The number of rotatable bonds is 5. The van der Waals surface area contributed by atoms with E-state index in [1.54, 1.807) is 27.7 Å². The Labute approximate surface area is 129 Å². The normalized spacial score (nSPS) is 10.7. The number of hydrogen-bond donors (Lipinski definition) is 1. The maximum Gasteiger partial charge on any atom is 0.408 e. The molecule has 0 radical (unpaired) electrons. The van der Waals surface area contributed by atoms with Crippen LogP contribution in [0.3, 0.4) is 0 Å². The molecule has 1 aromatic carbocycles. The molecule has 0 fully saturated rings. The summed E-state index contributed by atoms with van der Waals surface area (Å²) in [6.45, 7) is 7.05. The summed E-state index contributed by atoms with van der Waals surface area (Å²) in [5.74, 6) is -0.713. The van der Waals surface area contributed by atoms with Gasteiger partial charge in [-0.2, -0.15) is 0 Å². The Balaban J connectivity index is 2.56. The fourth-order valence-electron chi connectivity index (χ4n) is 1.58. The zero-order valence-corrected chi connectivity index (χ0v) is 13.3. The second-order valence-electron chi connectivity index (χ2n) is 5.58. The van der Waals surface area contributed by atoms with Crippen molar-refractivity contribution < 1.29 is 23.9 Å². The minimum atomic E-state index is -0.649. The number of carbonyl (C=O) groups is 3. The topological polar surface area (TPSA) is 81.7 Å². The lowest BCUT2D eigenvalue weighted by molar-refractivity contribution is 0.0515. The predicted molar refractivity (Wildman–Crippen MR) is 81.0 cm³/mol. The number of ketones is 1. The summed E-state index contributed by atoms with van der Waals surface area (Å²) in [4.78, 5) is 34.9. The van der Waals surface area contributed by atoms with Crippen LogP contribution in [0.25, 0.3) is 0 Å². The number of amides is 1. The first-order valence-corrected chi connectivity index (χ1v) is 7.00. The van der Waals surface area contributed by atoms with Crippen LogP contribution in [-0.4, -0.2) is 36.6 Å². The minimum Gasteiger partial charge on any atom is -0.462 e. The van der Waals surface area contributed by atoms with Crippen molar-refractivity contribution in [1.29, 1.82) is 0 Å². The van der Waals surface area contributed by atoms with Gasteiger partial charge >= 0.3 is 12.1 Å². The monoisotopic (exact) mass is 307 g/mol. The molecule has 0 aliphatic heterocycles. The molecule has 0 atom stereocenters. The average molecular weight is 307 g/mol. The van der Waals surface area contributed by atoms with E-state index < -0.39 is 17.7 Å². The number of hydrogen-bond acceptors (Lipinski definition) is 5. The van der Waals surface area contributed by atoms with Crippen molar-refractivity contribution in [3.05, 3.63) is 35.4 Å². The number of nitrogens with one attached hydrogen (secondary N) is 1. The van der Waals surface area contributed by atoms with Gasteiger partial charge in [-0.1, -0.05) is 12.1 Å². The van der Waals surface area contributed by atoms with Gasteiger partial charge in [0.1, 0.15) is 5.60 Å². The van der Waals surface area contributed by atoms with Crippen molar-refractivity contribution in [3.63, 3.8) is 0 Å². The summed E-state index contributed by atoms with van der Waals surface area (Å²) in [6.07, 6.45) is -0.649. The summed E-state index contributed by atoms with van der Waals surface area (Å²) in [7, 11) is 0. The Bertz CT molecular complexity index is 543. The number of Topliss-reactive ketones (excluding diaryl/α,β-unsaturated/α-hetero) is 1. The van der Waals surface area contributed by atoms with E-state index in [1.807, 2.05) is 0 Å². The van der Waals surface area contributed by atoms with Gasteiger partial charge < -0.3 is 14.8 Å². The summed E-state index contributed by atoms with van der Waals surface area (Å²) in [5, 5.41) is 2.39. The SMILES string of the molecule is CCOC(=O)c1ccc(C(=O)CNC(=O)OC(C)(C)C)cc1. The molecule has 22 heavy (non-hydrogen) atoms. The van der Waals surface area contributed by atoms with Crippen molar-refractivity contribution >= 4 is 17.8 Å². The first-order valence-electron chi connectivity index (χ1n) is 7.00. The van der Waals surface area contributed by atoms with Gasteiger partial charge in [0, 0.05) is 5.56 Å². The van der Waals surface area contributed by atoms with E-state index in [4.69, 9.17) is 9.47 Å². The summed E-state index contributed by atoms with van der Waals surface area (Å²) in [5.41, 5.74) is 0.150. The van der Waals surface area contributed by atoms with Crippen molar-refractivity contribution in [2.75, 3.05) is 13.2 Å². The zero-order chi connectivity index (χ0) is 16.8. The lowest BCUT2D eigenvalue weighted by Gasteiger charge is -2.19. The van der Waals surface area contributed by atoms with E-state index in [1.165, 1.54) is 24.3 Å². The number of esters is 1. The van der Waals surface area contributed by atoms with E-state index in [9.17, 15) is 14.4 Å². The fourth-order valence-corrected chi connectivity index (χ4v) is 1.58. The largest absolute Gasteiger partial charge is 0.462 e. The molecule has 6 nitrogen and oxygen atoms in total. The lowest BCUT2D eigenvalue weighted by Crippen LogP contribution is -2.35. The van der Waals surface area contributed by atoms with Gasteiger partial charge in [-0.25, -0.2) is 9.59 Å². The van der Waals surface area contributed by atoms with Crippen LogP contribution in [-0.2, 0) is 9.47 Å². The highest BCUT2D eigenvalue weighted by molar-refractivity contribution is 6.00. The Kier molecular flexibility index (Phi) is 6.10. The van der Waals surface area contributed by atoms with Gasteiger partial charge in [-0.3, -0.25) is 4.79 Å². The van der Waals surface area contributed by atoms with Crippen LogP contribution in [0.1, 0.15) is 48.4 Å². The van der Waals surface area contributed by atoms with Crippen LogP contribution in [0.4, 0.5) is 4.79 Å². The van der Waals surface area contributed by atoms with E-state index in [-0.39, 0.29) is 12.3 Å². The van der Waals surface area contributed by atoms with Gasteiger partial charge in [0.15, 0.2) is 5.78 Å². The van der Waals surface area contributed by atoms with Crippen molar-refractivity contribution in [3.8, 4) is 0 Å². The molecule has 0 bridgehead atoms. The molecule has 0 unspecified atom stereocenters. The van der Waals surface area contributed by atoms with Crippen molar-refractivity contribution in [2.45, 2.75) is 33.3 Å². The standard InChI is InChI=1S/C16H21NO5/c1-5-21-14(19)12-8-6-11(7-9-12)13(18)10-17-15(20)22-16(2,3)4/h6-9H,5,10H2,1-4H3,(H,17,20). The van der Waals surface area contributed by atoms with Crippen molar-refractivity contribution in [1.82, 2.24) is 5.32 Å². The lowest BCUT2D eigenvalue weighted by atomic mass is 10.1. The molecule has 0 saturated heterocycles. The molecule has 1 amide bonds. The smallest absolute Gasteiger partial charge is 0.408 e. The molecule has 1 N–H and O–H groups in total. The molecule has 0 aliphatic rings. The molecule has 0 aromatic heterocycles. The molecule has 0 heterocycles. The van der Waals surface area contributed by atoms with E-state index >= 15 is 0 Å². The molecule has 120 valence electrons. The van der Waals surface area contributed by atoms with Crippen LogP contribution in [0.15, 0.2) is 24.3 Å². The highest BCUT2D eigenvalue weighted by atomic mass is 16.6. The summed E-state index contributed by atoms with van der Waals surface area (Å²) < 4.78 is 9.89. The molecule has 1 aromatic rings. The number of benzene rings is 1. The average Bonchev–Trinajstić information content (AvgIpc) is 2.43. The third-order valence-corrected chi connectivity index (χ3v) is 2.51. The van der Waals surface area contributed by atoms with Crippen LogP contribution < -0.4 is 5.32 Å². The highest BCUT2D eigenvalue weighted by Crippen LogP contribution is 2.08. The quantitative estimate of drug-likeness (QED) is 0.668. The van der Waals surface area contributed by atoms with Gasteiger partial charge in [0.05, 0.1) is 18.7 Å². The van der Waals surface area contributed by atoms with Crippen LogP contribution >= 0.6 is 0 Å². The maximum atomic E-state index is 11.9. The van der Waals surface area contributed by atoms with Crippen LogP contribution in [0.5, 0.6) is 0 Å². The van der Waals surface area contributed by atoms with E-state index in [0.717, 1.165) is 0 Å². The number of alkyl carbamates (subject to hydrolysis) is 1. The first-order chi connectivity index (χ1) is 10.2. The van der Waals surface area contributed by atoms with Gasteiger partial charge in [0.25, 0.3) is 0 Å². The second-order valence-corrected chi connectivity index (χ2v) is 5.58. The zero-order valence-electron chi connectivity index (χ0n) is 13.3. The van der Waals surface area contributed by atoms with Gasteiger partial charge in [-0.05, 0) is 39.8 Å². The third kappa shape index (κ3) is 5.95. The molecular formula is C16H21NO5. The molecule has 0 aliphatic carbocycles. The van der Waals surface area contributed by atoms with Gasteiger partial charge in [-0.15, -0.1) is 0 Å². The van der Waals surface area contributed by atoms with Crippen LogP contribution in [0.2, 0.25) is 0 Å². The molecule has 1 rings (SSSR count). The molecular weight excluding hydrogens is 286 g/mol. The van der Waals surface area contributed by atoms with E-state index in [0.29, 0.717) is 17.7 Å². The minimum absolute atomic E-state index is 0.173. The second kappa shape index (κ2) is 7.59.